The number of amides is 2. The van der Waals surface area contributed by atoms with Crippen molar-refractivity contribution in [2.45, 2.75) is 45.1 Å². The van der Waals surface area contributed by atoms with Gasteiger partial charge >= 0.3 is 0 Å². The van der Waals surface area contributed by atoms with Gasteiger partial charge in [0.25, 0.3) is 0 Å². The zero-order chi connectivity index (χ0) is 16.1. The van der Waals surface area contributed by atoms with Crippen LogP contribution in [0.1, 0.15) is 39.0 Å². The van der Waals surface area contributed by atoms with E-state index in [1.165, 1.54) is 18.2 Å². The molecule has 0 aromatic heterocycles. The second-order valence-electron chi connectivity index (χ2n) is 5.80. The molecule has 7 heteroatoms. The Morgan fingerprint density at radius 3 is 2.48 bits per heavy atom. The third-order valence-corrected chi connectivity index (χ3v) is 3.88. The first-order valence-corrected chi connectivity index (χ1v) is 7.64. The number of nitrogens with one attached hydrogen (secondary N) is 2. The van der Waals surface area contributed by atoms with Gasteiger partial charge in [-0.25, -0.2) is 4.39 Å². The third-order valence-electron chi connectivity index (χ3n) is 3.88. The molecule has 0 bridgehead atoms. The second-order valence-corrected chi connectivity index (χ2v) is 5.80. The highest BCUT2D eigenvalue weighted by Gasteiger charge is 2.22. The fourth-order valence-corrected chi connectivity index (χ4v) is 2.55. The molecule has 1 aromatic rings. The first kappa shape index (κ1) is 19.4. The number of nitrogens with two attached hydrogens (primary N) is 1. The van der Waals surface area contributed by atoms with Crippen LogP contribution in [0.15, 0.2) is 18.2 Å². The summed E-state index contributed by atoms with van der Waals surface area (Å²) in [7, 11) is 0. The molecule has 0 spiro atoms. The van der Waals surface area contributed by atoms with Crippen molar-refractivity contribution in [2.24, 2.45) is 11.7 Å². The predicted molar refractivity (Wildman–Crippen MR) is 91.1 cm³/mol. The Balaban J connectivity index is 0.00000264. The van der Waals surface area contributed by atoms with Gasteiger partial charge < -0.3 is 16.4 Å². The van der Waals surface area contributed by atoms with E-state index in [9.17, 15) is 14.0 Å². The number of anilines is 2. The van der Waals surface area contributed by atoms with Gasteiger partial charge in [-0.15, -0.1) is 12.4 Å². The molecule has 1 fully saturated rings. The van der Waals surface area contributed by atoms with Crippen LogP contribution in [0.5, 0.6) is 0 Å². The van der Waals surface area contributed by atoms with Crippen molar-refractivity contribution in [1.29, 1.82) is 0 Å². The summed E-state index contributed by atoms with van der Waals surface area (Å²) in [6, 6.07) is 3.40. The number of hydrogen-bond donors (Lipinski definition) is 3. The van der Waals surface area contributed by atoms with Gasteiger partial charge in [-0.1, -0.05) is 19.3 Å². The van der Waals surface area contributed by atoms with E-state index in [-0.39, 0.29) is 35.8 Å². The number of carbonyl (C=O) groups excluding carboxylic acids is 2. The van der Waals surface area contributed by atoms with E-state index >= 15 is 0 Å². The summed E-state index contributed by atoms with van der Waals surface area (Å²) in [5.41, 5.74) is 5.96. The highest BCUT2D eigenvalue weighted by molar-refractivity contribution is 5.96. The van der Waals surface area contributed by atoms with Crippen molar-refractivity contribution in [2.75, 3.05) is 10.6 Å². The molecule has 0 aliphatic heterocycles. The summed E-state index contributed by atoms with van der Waals surface area (Å²) in [4.78, 5) is 23.7. The van der Waals surface area contributed by atoms with Crippen LogP contribution < -0.4 is 16.4 Å². The van der Waals surface area contributed by atoms with Crippen LogP contribution in [0, 0.1) is 11.7 Å². The van der Waals surface area contributed by atoms with Gasteiger partial charge in [0.05, 0.1) is 11.7 Å². The summed E-state index contributed by atoms with van der Waals surface area (Å²) in [6.45, 7) is 1.56. The van der Waals surface area contributed by atoms with Gasteiger partial charge in [0.15, 0.2) is 0 Å². The lowest BCUT2D eigenvalue weighted by atomic mass is 9.88. The first-order chi connectivity index (χ1) is 10.5. The van der Waals surface area contributed by atoms with Crippen LogP contribution in [0.3, 0.4) is 0 Å². The third kappa shape index (κ3) is 5.48. The quantitative estimate of drug-likeness (QED) is 0.785. The molecule has 1 saturated carbocycles. The SMILES string of the molecule is C[C@@H](N)C(=O)Nc1ccc(F)c(NC(=O)C2CCCCC2)c1.Cl. The molecular formula is C16H23ClFN3O2. The maximum atomic E-state index is 13.8. The van der Waals surface area contributed by atoms with Gasteiger partial charge in [-0.05, 0) is 38.0 Å². The van der Waals surface area contributed by atoms with Gasteiger partial charge in [0, 0.05) is 11.6 Å². The van der Waals surface area contributed by atoms with E-state index < -0.39 is 11.9 Å². The van der Waals surface area contributed by atoms with Crippen LogP contribution >= 0.6 is 12.4 Å². The topological polar surface area (TPSA) is 84.2 Å². The summed E-state index contributed by atoms with van der Waals surface area (Å²) in [5, 5.41) is 5.21. The Morgan fingerprint density at radius 1 is 1.22 bits per heavy atom. The fraction of sp³-hybridized carbons (Fsp3) is 0.500. The minimum atomic E-state index is -0.662. The first-order valence-electron chi connectivity index (χ1n) is 7.64. The Labute approximate surface area is 141 Å². The zero-order valence-electron chi connectivity index (χ0n) is 13.1. The normalized spacial score (nSPS) is 16.1. The van der Waals surface area contributed by atoms with E-state index in [4.69, 9.17) is 5.73 Å². The highest BCUT2D eigenvalue weighted by Crippen LogP contribution is 2.26. The molecule has 2 amide bonds. The van der Waals surface area contributed by atoms with E-state index in [2.05, 4.69) is 10.6 Å². The van der Waals surface area contributed by atoms with Crippen molar-refractivity contribution in [3.05, 3.63) is 24.0 Å². The Kier molecular flexibility index (Phi) is 7.45. The van der Waals surface area contributed by atoms with Crippen molar-refractivity contribution in [3.63, 3.8) is 0 Å². The van der Waals surface area contributed by atoms with Crippen LogP contribution in [0.4, 0.5) is 15.8 Å². The number of carbonyl (C=O) groups is 2. The molecule has 4 N–H and O–H groups in total. The molecule has 23 heavy (non-hydrogen) atoms. The van der Waals surface area contributed by atoms with Gasteiger partial charge in [-0.3, -0.25) is 9.59 Å². The van der Waals surface area contributed by atoms with Gasteiger partial charge in [0.2, 0.25) is 11.8 Å². The van der Waals surface area contributed by atoms with Crippen LogP contribution in [0.25, 0.3) is 0 Å². The Hall–Kier alpha value is -1.66. The second kappa shape index (κ2) is 8.84. The average molecular weight is 344 g/mol. The smallest absolute Gasteiger partial charge is 0.240 e. The standard InChI is InChI=1S/C16H22FN3O2.ClH/c1-10(18)15(21)19-12-7-8-13(17)14(9-12)20-16(22)11-5-3-2-4-6-11;/h7-11H,2-6,18H2,1H3,(H,19,21)(H,20,22);1H/t10-;/m1./s1. The maximum Gasteiger partial charge on any atom is 0.240 e. The van der Waals surface area contributed by atoms with Crippen LogP contribution in [0.2, 0.25) is 0 Å². The average Bonchev–Trinajstić information content (AvgIpc) is 2.51. The predicted octanol–water partition coefficient (Wildman–Crippen LogP) is 3.05. The van der Waals surface area contributed by atoms with Gasteiger partial charge in [0.1, 0.15) is 5.82 Å². The molecule has 0 unspecified atom stereocenters. The van der Waals surface area contributed by atoms with Gasteiger partial charge in [-0.2, -0.15) is 0 Å². The molecular weight excluding hydrogens is 321 g/mol. The molecule has 1 aliphatic carbocycles. The molecule has 1 aromatic carbocycles. The summed E-state index contributed by atoms with van der Waals surface area (Å²) in [5.74, 6) is -1.11. The molecule has 2 rings (SSSR count). The lowest BCUT2D eigenvalue weighted by Crippen LogP contribution is -2.32. The van der Waals surface area contributed by atoms with E-state index in [0.29, 0.717) is 5.69 Å². The molecule has 5 nitrogen and oxygen atoms in total. The largest absolute Gasteiger partial charge is 0.325 e. The molecule has 1 atom stereocenters. The van der Waals surface area contributed by atoms with Crippen LogP contribution in [-0.4, -0.2) is 17.9 Å². The molecule has 1 aliphatic rings. The highest BCUT2D eigenvalue weighted by atomic mass is 35.5. The lowest BCUT2D eigenvalue weighted by Gasteiger charge is -2.21. The Morgan fingerprint density at radius 2 is 1.87 bits per heavy atom. The zero-order valence-corrected chi connectivity index (χ0v) is 13.9. The van der Waals surface area contributed by atoms with E-state index in [0.717, 1.165) is 32.1 Å². The molecule has 128 valence electrons. The molecule has 0 heterocycles. The number of halogens is 2. The fourth-order valence-electron chi connectivity index (χ4n) is 2.55. The van der Waals surface area contributed by atoms with Crippen molar-refractivity contribution >= 4 is 35.6 Å². The van der Waals surface area contributed by atoms with Crippen molar-refractivity contribution < 1.29 is 14.0 Å². The van der Waals surface area contributed by atoms with E-state index in [1.54, 1.807) is 6.92 Å². The van der Waals surface area contributed by atoms with E-state index in [1.807, 2.05) is 0 Å². The molecule has 0 saturated heterocycles. The minimum Gasteiger partial charge on any atom is -0.325 e. The monoisotopic (exact) mass is 343 g/mol. The van der Waals surface area contributed by atoms with Crippen molar-refractivity contribution in [3.8, 4) is 0 Å². The van der Waals surface area contributed by atoms with Crippen LogP contribution in [-0.2, 0) is 9.59 Å². The lowest BCUT2D eigenvalue weighted by molar-refractivity contribution is -0.120. The summed E-state index contributed by atoms with van der Waals surface area (Å²) < 4.78 is 13.8. The van der Waals surface area contributed by atoms with Crippen molar-refractivity contribution in [1.82, 2.24) is 0 Å². The number of hydrogen-bond acceptors (Lipinski definition) is 3. The minimum absolute atomic E-state index is 0. The Bertz CT molecular complexity index is 560. The summed E-state index contributed by atoms with van der Waals surface area (Å²) >= 11 is 0. The maximum absolute atomic E-state index is 13.8. The number of benzene rings is 1. The summed E-state index contributed by atoms with van der Waals surface area (Å²) in [6.07, 6.45) is 4.90. The molecule has 0 radical (unpaired) electrons. The number of rotatable bonds is 4.